The number of Topliss-reactive ketones (excluding diaryl/α,β-unsaturated/α-hetero) is 1. The van der Waals surface area contributed by atoms with Crippen LogP contribution >= 0.6 is 0 Å². The van der Waals surface area contributed by atoms with Gasteiger partial charge in [-0.25, -0.2) is 0 Å². The van der Waals surface area contributed by atoms with Crippen LogP contribution in [0.1, 0.15) is 40.4 Å². The Morgan fingerprint density at radius 3 is 3.00 bits per heavy atom. The van der Waals surface area contributed by atoms with Crippen molar-refractivity contribution in [2.45, 2.75) is 26.3 Å². The first-order chi connectivity index (χ1) is 10.2. The maximum absolute atomic E-state index is 12.5. The van der Waals surface area contributed by atoms with Gasteiger partial charge in [0, 0.05) is 29.4 Å². The molecule has 0 saturated carbocycles. The number of aryl methyl sites for hydroxylation is 2. The Bertz CT molecular complexity index is 778. The molecule has 1 aliphatic rings. The van der Waals surface area contributed by atoms with Gasteiger partial charge in [-0.05, 0) is 49.6 Å². The van der Waals surface area contributed by atoms with Gasteiger partial charge in [-0.2, -0.15) is 10.4 Å². The van der Waals surface area contributed by atoms with Crippen LogP contribution in [0.3, 0.4) is 0 Å². The zero-order chi connectivity index (χ0) is 14.8. The fourth-order valence-electron chi connectivity index (χ4n) is 2.61. The lowest BCUT2D eigenvalue weighted by molar-refractivity contribution is 0.102. The molecular formula is C17H15N3O. The van der Waals surface area contributed by atoms with Crippen LogP contribution in [0.2, 0.25) is 0 Å². The third-order valence-corrected chi connectivity index (χ3v) is 3.75. The summed E-state index contributed by atoms with van der Waals surface area (Å²) in [5, 5.41) is 13.1. The Balaban J connectivity index is 1.93. The standard InChI is InChI=1S/C17H15N3O/c1-2-20-11-13(10-19-20)8-15-5-4-14-7-12(9-18)3-6-16(14)17(15)21/h3,6-8,10-11H,2,4-5H2,1H3/b15-8+. The lowest BCUT2D eigenvalue weighted by Gasteiger charge is -2.17. The molecule has 0 amide bonds. The van der Waals surface area contributed by atoms with Gasteiger partial charge in [0.2, 0.25) is 0 Å². The number of allylic oxidation sites excluding steroid dienone is 1. The molecular weight excluding hydrogens is 262 g/mol. The fraction of sp³-hybridized carbons (Fsp3) is 0.235. The van der Waals surface area contributed by atoms with Gasteiger partial charge >= 0.3 is 0 Å². The quantitative estimate of drug-likeness (QED) is 0.793. The van der Waals surface area contributed by atoms with E-state index in [9.17, 15) is 4.79 Å². The molecule has 2 aromatic rings. The summed E-state index contributed by atoms with van der Waals surface area (Å²) in [5.74, 6) is 0.0602. The number of aromatic nitrogens is 2. The number of fused-ring (bicyclic) bond motifs is 1. The first kappa shape index (κ1) is 13.3. The van der Waals surface area contributed by atoms with E-state index in [4.69, 9.17) is 5.26 Å². The Morgan fingerprint density at radius 2 is 2.29 bits per heavy atom. The number of carbonyl (C=O) groups excluding carboxylic acids is 1. The highest BCUT2D eigenvalue weighted by molar-refractivity contribution is 6.13. The normalized spacial score (nSPS) is 15.8. The van der Waals surface area contributed by atoms with Crippen LogP contribution in [0.15, 0.2) is 36.2 Å². The molecule has 104 valence electrons. The molecule has 1 aromatic carbocycles. The van der Waals surface area contributed by atoms with E-state index in [1.54, 1.807) is 18.3 Å². The summed E-state index contributed by atoms with van der Waals surface area (Å²) in [6.45, 7) is 2.84. The lowest BCUT2D eigenvalue weighted by atomic mass is 9.85. The molecule has 0 N–H and O–H groups in total. The van der Waals surface area contributed by atoms with Gasteiger partial charge in [0.05, 0.1) is 17.8 Å². The molecule has 1 aromatic heterocycles. The maximum atomic E-state index is 12.5. The third-order valence-electron chi connectivity index (χ3n) is 3.75. The van der Waals surface area contributed by atoms with Crippen LogP contribution in [0.25, 0.3) is 6.08 Å². The monoisotopic (exact) mass is 277 g/mol. The summed E-state index contributed by atoms with van der Waals surface area (Å²) < 4.78 is 1.84. The van der Waals surface area contributed by atoms with Crippen LogP contribution in [0.5, 0.6) is 0 Å². The molecule has 3 rings (SSSR count). The minimum atomic E-state index is 0.0602. The smallest absolute Gasteiger partial charge is 0.189 e. The average molecular weight is 277 g/mol. The molecule has 21 heavy (non-hydrogen) atoms. The van der Waals surface area contributed by atoms with Gasteiger partial charge in [-0.3, -0.25) is 9.48 Å². The number of carbonyl (C=O) groups is 1. The van der Waals surface area contributed by atoms with Gasteiger partial charge in [0.15, 0.2) is 5.78 Å². The van der Waals surface area contributed by atoms with Crippen molar-refractivity contribution in [1.82, 2.24) is 9.78 Å². The molecule has 4 heteroatoms. The van der Waals surface area contributed by atoms with Gasteiger partial charge in [0.25, 0.3) is 0 Å². The average Bonchev–Trinajstić information content (AvgIpc) is 2.97. The largest absolute Gasteiger partial charge is 0.289 e. The van der Waals surface area contributed by atoms with Crippen molar-refractivity contribution in [1.29, 1.82) is 5.26 Å². The number of benzene rings is 1. The predicted molar refractivity (Wildman–Crippen MR) is 79.7 cm³/mol. The first-order valence-electron chi connectivity index (χ1n) is 7.02. The summed E-state index contributed by atoms with van der Waals surface area (Å²) in [5.41, 5.74) is 4.06. The van der Waals surface area contributed by atoms with E-state index in [2.05, 4.69) is 11.2 Å². The molecule has 0 fully saturated rings. The minimum absolute atomic E-state index is 0.0602. The molecule has 1 heterocycles. The number of ketones is 1. The molecule has 0 spiro atoms. The number of nitrogens with zero attached hydrogens (tertiary/aromatic N) is 3. The maximum Gasteiger partial charge on any atom is 0.189 e. The fourth-order valence-corrected chi connectivity index (χ4v) is 2.61. The molecule has 0 radical (unpaired) electrons. The number of rotatable bonds is 2. The van der Waals surface area contributed by atoms with Gasteiger partial charge in [0.1, 0.15) is 0 Å². The summed E-state index contributed by atoms with van der Waals surface area (Å²) in [6, 6.07) is 7.40. The minimum Gasteiger partial charge on any atom is -0.289 e. The van der Waals surface area contributed by atoms with Gasteiger partial charge in [-0.1, -0.05) is 0 Å². The van der Waals surface area contributed by atoms with Crippen molar-refractivity contribution < 1.29 is 4.79 Å². The number of nitriles is 1. The predicted octanol–water partition coefficient (Wildman–Crippen LogP) is 2.99. The second kappa shape index (κ2) is 5.37. The molecule has 0 saturated heterocycles. The van der Waals surface area contributed by atoms with Crippen LogP contribution in [0, 0.1) is 11.3 Å². The summed E-state index contributed by atoms with van der Waals surface area (Å²) in [6.07, 6.45) is 7.14. The highest BCUT2D eigenvalue weighted by atomic mass is 16.1. The second-order valence-corrected chi connectivity index (χ2v) is 5.11. The van der Waals surface area contributed by atoms with Gasteiger partial charge in [-0.15, -0.1) is 0 Å². The Hall–Kier alpha value is -2.67. The van der Waals surface area contributed by atoms with Crippen LogP contribution in [0.4, 0.5) is 0 Å². The van der Waals surface area contributed by atoms with Crippen molar-refractivity contribution in [2.75, 3.05) is 0 Å². The van der Waals surface area contributed by atoms with E-state index in [0.717, 1.165) is 35.2 Å². The van der Waals surface area contributed by atoms with Crippen molar-refractivity contribution >= 4 is 11.9 Å². The molecule has 4 nitrogen and oxygen atoms in total. The highest BCUT2D eigenvalue weighted by Gasteiger charge is 2.22. The summed E-state index contributed by atoms with van der Waals surface area (Å²) >= 11 is 0. The van der Waals surface area contributed by atoms with Crippen molar-refractivity contribution in [2.24, 2.45) is 0 Å². The lowest BCUT2D eigenvalue weighted by Crippen LogP contribution is -2.14. The summed E-state index contributed by atoms with van der Waals surface area (Å²) in [7, 11) is 0. The van der Waals surface area contributed by atoms with E-state index >= 15 is 0 Å². The Labute approximate surface area is 123 Å². The van der Waals surface area contributed by atoms with Crippen LogP contribution < -0.4 is 0 Å². The number of hydrogen-bond acceptors (Lipinski definition) is 3. The van der Waals surface area contributed by atoms with Gasteiger partial charge < -0.3 is 0 Å². The highest BCUT2D eigenvalue weighted by Crippen LogP contribution is 2.27. The second-order valence-electron chi connectivity index (χ2n) is 5.11. The molecule has 0 bridgehead atoms. The molecule has 0 atom stereocenters. The Kier molecular flexibility index (Phi) is 3.41. The zero-order valence-corrected chi connectivity index (χ0v) is 11.8. The third kappa shape index (κ3) is 2.50. The SMILES string of the molecule is CCn1cc(/C=C2\CCc3cc(C#N)ccc3C2=O)cn1. The van der Waals surface area contributed by atoms with E-state index < -0.39 is 0 Å². The zero-order valence-electron chi connectivity index (χ0n) is 11.8. The van der Waals surface area contributed by atoms with E-state index in [1.165, 1.54) is 0 Å². The first-order valence-corrected chi connectivity index (χ1v) is 7.02. The molecule has 0 aliphatic heterocycles. The Morgan fingerprint density at radius 1 is 1.43 bits per heavy atom. The van der Waals surface area contributed by atoms with Crippen LogP contribution in [-0.4, -0.2) is 15.6 Å². The van der Waals surface area contributed by atoms with E-state index in [1.807, 2.05) is 29.9 Å². The van der Waals surface area contributed by atoms with E-state index in [-0.39, 0.29) is 5.78 Å². The topological polar surface area (TPSA) is 58.7 Å². The molecule has 1 aliphatic carbocycles. The van der Waals surface area contributed by atoms with Crippen molar-refractivity contribution in [3.05, 3.63) is 58.4 Å². The summed E-state index contributed by atoms with van der Waals surface area (Å²) in [4.78, 5) is 12.5. The van der Waals surface area contributed by atoms with Crippen molar-refractivity contribution in [3.8, 4) is 6.07 Å². The van der Waals surface area contributed by atoms with E-state index in [0.29, 0.717) is 12.0 Å². The number of hydrogen-bond donors (Lipinski definition) is 0. The molecule has 0 unspecified atom stereocenters. The van der Waals surface area contributed by atoms with Crippen molar-refractivity contribution in [3.63, 3.8) is 0 Å². The van der Waals surface area contributed by atoms with Crippen LogP contribution in [-0.2, 0) is 13.0 Å².